The highest BCUT2D eigenvalue weighted by Gasteiger charge is 2.32. The first-order valence-corrected chi connectivity index (χ1v) is 7.96. The lowest BCUT2D eigenvalue weighted by Gasteiger charge is -2.32. The van der Waals surface area contributed by atoms with Crippen molar-refractivity contribution in [3.05, 3.63) is 0 Å². The van der Waals surface area contributed by atoms with Crippen molar-refractivity contribution in [1.82, 2.24) is 0 Å². The molecule has 0 saturated heterocycles. The van der Waals surface area contributed by atoms with E-state index in [0.29, 0.717) is 26.4 Å². The van der Waals surface area contributed by atoms with Gasteiger partial charge in [0.1, 0.15) is 0 Å². The molecule has 0 rings (SSSR count). The molecule has 0 spiro atoms. The van der Waals surface area contributed by atoms with Gasteiger partial charge in [0.05, 0.1) is 84.7 Å². The number of hydrogen-bond donors (Lipinski definition) is 3. The molecule has 8 heteroatoms. The van der Waals surface area contributed by atoms with Crippen molar-refractivity contribution in [1.29, 1.82) is 0 Å². The van der Waals surface area contributed by atoms with Crippen molar-refractivity contribution in [2.75, 3.05) is 85.9 Å². The molecule has 0 aliphatic carbocycles. The van der Waals surface area contributed by atoms with Crippen LogP contribution >= 0.6 is 0 Å². The minimum absolute atomic E-state index is 0.0731. The zero-order valence-electron chi connectivity index (χ0n) is 14.1. The average molecular weight is 340 g/mol. The lowest BCUT2D eigenvalue weighted by molar-refractivity contribution is -0.116. The standard InChI is InChI=1S/C15H32O8/c1-2-19-9-10-23-14-15(11-20-6-3-16,12-21-7-4-17)13-22-8-5-18/h16-18H,2-14H2,1H3. The van der Waals surface area contributed by atoms with Crippen LogP contribution in [0.25, 0.3) is 0 Å². The van der Waals surface area contributed by atoms with E-state index in [9.17, 15) is 0 Å². The molecule has 0 atom stereocenters. The van der Waals surface area contributed by atoms with Gasteiger partial charge in [0.2, 0.25) is 0 Å². The van der Waals surface area contributed by atoms with E-state index in [4.69, 9.17) is 39.0 Å². The van der Waals surface area contributed by atoms with Gasteiger partial charge >= 0.3 is 0 Å². The van der Waals surface area contributed by atoms with Crippen LogP contribution in [-0.2, 0) is 23.7 Å². The van der Waals surface area contributed by atoms with Crippen LogP contribution in [0.1, 0.15) is 6.92 Å². The van der Waals surface area contributed by atoms with Crippen molar-refractivity contribution in [2.45, 2.75) is 6.92 Å². The lowest BCUT2D eigenvalue weighted by Crippen LogP contribution is -2.42. The molecule has 0 radical (unpaired) electrons. The summed E-state index contributed by atoms with van der Waals surface area (Å²) in [6.45, 7) is 5.05. The quantitative estimate of drug-likeness (QED) is 0.274. The summed E-state index contributed by atoms with van der Waals surface area (Å²) >= 11 is 0. The Bertz CT molecular complexity index is 213. The molecule has 0 aliphatic heterocycles. The van der Waals surface area contributed by atoms with E-state index < -0.39 is 5.41 Å². The van der Waals surface area contributed by atoms with Crippen molar-refractivity contribution < 1.29 is 39.0 Å². The van der Waals surface area contributed by atoms with Gasteiger partial charge in [-0.1, -0.05) is 0 Å². The molecule has 3 N–H and O–H groups in total. The number of hydrogen-bond acceptors (Lipinski definition) is 8. The SMILES string of the molecule is CCOCCOCC(COCCO)(COCCO)COCCO. The molecule has 0 heterocycles. The van der Waals surface area contributed by atoms with Gasteiger partial charge in [0.15, 0.2) is 0 Å². The zero-order valence-corrected chi connectivity index (χ0v) is 14.1. The predicted octanol–water partition coefficient (Wildman–Crippen LogP) is -0.947. The second-order valence-corrected chi connectivity index (χ2v) is 5.08. The van der Waals surface area contributed by atoms with Crippen molar-refractivity contribution in [3.8, 4) is 0 Å². The smallest absolute Gasteiger partial charge is 0.0700 e. The fourth-order valence-corrected chi connectivity index (χ4v) is 1.86. The normalized spacial score (nSPS) is 12.0. The Morgan fingerprint density at radius 3 is 1.26 bits per heavy atom. The Balaban J connectivity index is 4.52. The second-order valence-electron chi connectivity index (χ2n) is 5.08. The predicted molar refractivity (Wildman–Crippen MR) is 83.5 cm³/mol. The van der Waals surface area contributed by atoms with Crippen molar-refractivity contribution >= 4 is 0 Å². The molecule has 23 heavy (non-hydrogen) atoms. The zero-order chi connectivity index (χ0) is 17.2. The number of aliphatic hydroxyl groups is 3. The number of aliphatic hydroxyl groups excluding tert-OH is 3. The highest BCUT2D eigenvalue weighted by Crippen LogP contribution is 2.20. The fourth-order valence-electron chi connectivity index (χ4n) is 1.86. The van der Waals surface area contributed by atoms with Gasteiger partial charge in [-0.05, 0) is 6.92 Å². The molecule has 0 aliphatic rings. The van der Waals surface area contributed by atoms with E-state index in [1.165, 1.54) is 0 Å². The Labute approximate surface area is 138 Å². The Hall–Kier alpha value is -0.320. The summed E-state index contributed by atoms with van der Waals surface area (Å²) in [6.07, 6.45) is 0. The molecule has 0 bridgehead atoms. The molecular weight excluding hydrogens is 308 g/mol. The van der Waals surface area contributed by atoms with Crippen molar-refractivity contribution in [2.24, 2.45) is 5.41 Å². The highest BCUT2D eigenvalue weighted by atomic mass is 16.5. The van der Waals surface area contributed by atoms with Crippen molar-refractivity contribution in [3.63, 3.8) is 0 Å². The van der Waals surface area contributed by atoms with E-state index >= 15 is 0 Å². The number of ether oxygens (including phenoxy) is 5. The topological polar surface area (TPSA) is 107 Å². The summed E-state index contributed by atoms with van der Waals surface area (Å²) in [5.74, 6) is 0. The summed E-state index contributed by atoms with van der Waals surface area (Å²) in [6, 6.07) is 0. The van der Waals surface area contributed by atoms with E-state index in [1.54, 1.807) is 0 Å². The maximum atomic E-state index is 8.86. The average Bonchev–Trinajstić information content (AvgIpc) is 2.55. The minimum atomic E-state index is -0.578. The molecule has 0 fully saturated rings. The van der Waals surface area contributed by atoms with Gasteiger partial charge in [-0.25, -0.2) is 0 Å². The first kappa shape index (κ1) is 22.7. The van der Waals surface area contributed by atoms with Gasteiger partial charge in [0, 0.05) is 6.61 Å². The van der Waals surface area contributed by atoms with E-state index in [1.807, 2.05) is 6.92 Å². The molecule has 0 unspecified atom stereocenters. The minimum Gasteiger partial charge on any atom is -0.394 e. The van der Waals surface area contributed by atoms with Crippen LogP contribution in [-0.4, -0.2) is 101 Å². The summed E-state index contributed by atoms with van der Waals surface area (Å²) in [4.78, 5) is 0. The Morgan fingerprint density at radius 2 is 0.913 bits per heavy atom. The Morgan fingerprint density at radius 1 is 0.565 bits per heavy atom. The van der Waals surface area contributed by atoms with E-state index in [0.717, 1.165) is 0 Å². The maximum absolute atomic E-state index is 8.86. The van der Waals surface area contributed by atoms with Gasteiger partial charge < -0.3 is 39.0 Å². The van der Waals surface area contributed by atoms with Gasteiger partial charge in [-0.2, -0.15) is 0 Å². The third kappa shape index (κ3) is 12.7. The molecule has 0 aromatic rings. The molecule has 0 amide bonds. The van der Waals surface area contributed by atoms with Crippen LogP contribution in [0.3, 0.4) is 0 Å². The lowest BCUT2D eigenvalue weighted by atomic mass is 9.92. The summed E-state index contributed by atoms with van der Waals surface area (Å²) in [5, 5.41) is 26.6. The van der Waals surface area contributed by atoms with E-state index in [2.05, 4.69) is 0 Å². The van der Waals surface area contributed by atoms with Crippen LogP contribution in [0.4, 0.5) is 0 Å². The third-order valence-corrected chi connectivity index (χ3v) is 2.92. The summed E-state index contributed by atoms with van der Waals surface area (Å²) in [7, 11) is 0. The molecule has 8 nitrogen and oxygen atoms in total. The molecule has 140 valence electrons. The van der Waals surface area contributed by atoms with Crippen LogP contribution in [0.2, 0.25) is 0 Å². The maximum Gasteiger partial charge on any atom is 0.0700 e. The molecule has 0 aromatic heterocycles. The largest absolute Gasteiger partial charge is 0.394 e. The van der Waals surface area contributed by atoms with Crippen LogP contribution in [0.5, 0.6) is 0 Å². The first-order valence-electron chi connectivity index (χ1n) is 7.96. The van der Waals surface area contributed by atoms with Crippen LogP contribution in [0.15, 0.2) is 0 Å². The molecule has 0 saturated carbocycles. The Kier molecular flexibility index (Phi) is 16.3. The monoisotopic (exact) mass is 340 g/mol. The van der Waals surface area contributed by atoms with Gasteiger partial charge in [0.25, 0.3) is 0 Å². The fraction of sp³-hybridized carbons (Fsp3) is 1.00. The third-order valence-electron chi connectivity index (χ3n) is 2.92. The van der Waals surface area contributed by atoms with E-state index in [-0.39, 0.29) is 59.5 Å². The highest BCUT2D eigenvalue weighted by molar-refractivity contribution is 4.79. The first-order chi connectivity index (χ1) is 11.2. The van der Waals surface area contributed by atoms with Crippen LogP contribution < -0.4 is 0 Å². The summed E-state index contributed by atoms with van der Waals surface area (Å²) < 4.78 is 27.2. The van der Waals surface area contributed by atoms with Gasteiger partial charge in [-0.3, -0.25) is 0 Å². The number of rotatable bonds is 18. The van der Waals surface area contributed by atoms with Gasteiger partial charge in [-0.15, -0.1) is 0 Å². The second kappa shape index (κ2) is 16.5. The van der Waals surface area contributed by atoms with Crippen LogP contribution in [0, 0.1) is 5.41 Å². The summed E-state index contributed by atoms with van der Waals surface area (Å²) in [5.41, 5.74) is -0.578. The molecular formula is C15H32O8. The molecule has 0 aromatic carbocycles.